The van der Waals surface area contributed by atoms with Crippen molar-refractivity contribution in [3.8, 4) is 0 Å². The van der Waals surface area contributed by atoms with Crippen LogP contribution in [0, 0.1) is 5.82 Å². The number of ether oxygens (including phenoxy) is 1. The largest absolute Gasteiger partial charge is 0.382 e. The lowest BCUT2D eigenvalue weighted by molar-refractivity contribution is 0.106. The molecule has 0 spiro atoms. The summed E-state index contributed by atoms with van der Waals surface area (Å²) in [5.41, 5.74) is 0.752. The van der Waals surface area contributed by atoms with Gasteiger partial charge in [-0.1, -0.05) is 22.0 Å². The van der Waals surface area contributed by atoms with E-state index in [1.165, 1.54) is 6.07 Å². The Kier molecular flexibility index (Phi) is 6.82. The second kappa shape index (κ2) is 7.87. The van der Waals surface area contributed by atoms with Gasteiger partial charge in [0.25, 0.3) is 0 Å². The molecule has 1 aromatic rings. The van der Waals surface area contributed by atoms with Crippen molar-refractivity contribution in [1.82, 2.24) is 5.32 Å². The predicted molar refractivity (Wildman–Crippen MR) is 76.4 cm³/mol. The van der Waals surface area contributed by atoms with E-state index in [0.717, 1.165) is 22.9 Å². The molecule has 0 aliphatic carbocycles. The van der Waals surface area contributed by atoms with Gasteiger partial charge in [0.05, 0.1) is 6.10 Å². The Morgan fingerprint density at radius 1 is 1.39 bits per heavy atom. The van der Waals surface area contributed by atoms with Gasteiger partial charge in [0.2, 0.25) is 0 Å². The van der Waals surface area contributed by atoms with E-state index in [1.807, 2.05) is 26.1 Å². The van der Waals surface area contributed by atoms with Crippen molar-refractivity contribution >= 4 is 15.9 Å². The molecule has 0 saturated heterocycles. The number of rotatable bonds is 7. The maximum atomic E-state index is 13.7. The molecule has 0 aromatic heterocycles. The SMILES string of the molecule is CNC(CCC(C)OC)Cc1ccc(Br)cc1F. The number of nitrogens with one attached hydrogen (secondary N) is 1. The summed E-state index contributed by atoms with van der Waals surface area (Å²) in [6.45, 7) is 2.05. The van der Waals surface area contributed by atoms with Gasteiger partial charge in [-0.05, 0) is 50.9 Å². The Hall–Kier alpha value is -0.450. The molecule has 0 aliphatic rings. The van der Waals surface area contributed by atoms with E-state index < -0.39 is 0 Å². The van der Waals surface area contributed by atoms with Gasteiger partial charge >= 0.3 is 0 Å². The molecule has 1 rings (SSSR count). The van der Waals surface area contributed by atoms with Crippen molar-refractivity contribution in [3.63, 3.8) is 0 Å². The average Bonchev–Trinajstić information content (AvgIpc) is 2.36. The fraction of sp³-hybridized carbons (Fsp3) is 0.571. The summed E-state index contributed by atoms with van der Waals surface area (Å²) >= 11 is 3.27. The normalized spacial score (nSPS) is 14.5. The van der Waals surface area contributed by atoms with E-state index in [0.29, 0.717) is 6.42 Å². The monoisotopic (exact) mass is 317 g/mol. The molecule has 2 nitrogen and oxygen atoms in total. The van der Waals surface area contributed by atoms with Crippen LogP contribution in [0.15, 0.2) is 22.7 Å². The molecule has 2 atom stereocenters. The van der Waals surface area contributed by atoms with Crippen LogP contribution in [0.25, 0.3) is 0 Å². The van der Waals surface area contributed by atoms with Crippen molar-refractivity contribution < 1.29 is 9.13 Å². The third kappa shape index (κ3) is 5.04. The van der Waals surface area contributed by atoms with Crippen LogP contribution < -0.4 is 5.32 Å². The third-order valence-electron chi connectivity index (χ3n) is 3.21. The Bertz CT molecular complexity index is 373. The van der Waals surface area contributed by atoms with Crippen LogP contribution in [-0.2, 0) is 11.2 Å². The first kappa shape index (κ1) is 15.6. The first-order valence-electron chi connectivity index (χ1n) is 6.20. The van der Waals surface area contributed by atoms with Crippen LogP contribution >= 0.6 is 15.9 Å². The standard InChI is InChI=1S/C14H21BrFNO/c1-10(18-3)4-7-13(17-2)8-11-5-6-12(15)9-14(11)16/h5-6,9-10,13,17H,4,7-8H2,1-3H3. The van der Waals surface area contributed by atoms with E-state index in [1.54, 1.807) is 7.11 Å². The Morgan fingerprint density at radius 2 is 2.11 bits per heavy atom. The van der Waals surface area contributed by atoms with E-state index in [9.17, 15) is 4.39 Å². The average molecular weight is 318 g/mol. The lowest BCUT2D eigenvalue weighted by Crippen LogP contribution is -2.29. The van der Waals surface area contributed by atoms with Gasteiger partial charge in [-0.2, -0.15) is 0 Å². The first-order valence-corrected chi connectivity index (χ1v) is 7.00. The van der Waals surface area contributed by atoms with Crippen molar-refractivity contribution in [2.75, 3.05) is 14.2 Å². The lowest BCUT2D eigenvalue weighted by atomic mass is 10.00. The van der Waals surface area contributed by atoms with Gasteiger partial charge in [0.15, 0.2) is 0 Å². The van der Waals surface area contributed by atoms with Crippen LogP contribution in [0.5, 0.6) is 0 Å². The predicted octanol–water partition coefficient (Wildman–Crippen LogP) is 3.53. The molecular weight excluding hydrogens is 297 g/mol. The zero-order valence-electron chi connectivity index (χ0n) is 11.2. The molecule has 0 amide bonds. The maximum Gasteiger partial charge on any atom is 0.127 e. The fourth-order valence-electron chi connectivity index (χ4n) is 1.85. The van der Waals surface area contributed by atoms with Gasteiger partial charge in [-0.3, -0.25) is 0 Å². The lowest BCUT2D eigenvalue weighted by Gasteiger charge is -2.18. The van der Waals surface area contributed by atoms with Crippen molar-refractivity contribution in [3.05, 3.63) is 34.1 Å². The minimum atomic E-state index is -0.149. The molecule has 102 valence electrons. The van der Waals surface area contributed by atoms with Crippen LogP contribution in [0.1, 0.15) is 25.3 Å². The first-order chi connectivity index (χ1) is 8.56. The number of likely N-dealkylation sites (N-methyl/N-ethyl adjacent to an activating group) is 1. The summed E-state index contributed by atoms with van der Waals surface area (Å²) in [5.74, 6) is -0.149. The summed E-state index contributed by atoms with van der Waals surface area (Å²) in [4.78, 5) is 0. The third-order valence-corrected chi connectivity index (χ3v) is 3.71. The number of hydrogen-bond donors (Lipinski definition) is 1. The van der Waals surface area contributed by atoms with Gasteiger partial charge < -0.3 is 10.1 Å². The van der Waals surface area contributed by atoms with Crippen LogP contribution in [0.3, 0.4) is 0 Å². The molecule has 0 fully saturated rings. The molecule has 0 heterocycles. The number of benzene rings is 1. The summed E-state index contributed by atoms with van der Waals surface area (Å²) in [7, 11) is 3.63. The molecule has 0 aliphatic heterocycles. The molecule has 18 heavy (non-hydrogen) atoms. The molecular formula is C14H21BrFNO. The van der Waals surface area contributed by atoms with Crippen LogP contribution in [0.2, 0.25) is 0 Å². The molecule has 0 saturated carbocycles. The van der Waals surface area contributed by atoms with Crippen LogP contribution in [-0.4, -0.2) is 26.3 Å². The Morgan fingerprint density at radius 3 is 2.67 bits per heavy atom. The van der Waals surface area contributed by atoms with Crippen molar-refractivity contribution in [1.29, 1.82) is 0 Å². The Balaban J connectivity index is 2.56. The highest BCUT2D eigenvalue weighted by atomic mass is 79.9. The minimum absolute atomic E-state index is 0.149. The maximum absolute atomic E-state index is 13.7. The molecule has 0 radical (unpaired) electrons. The number of hydrogen-bond acceptors (Lipinski definition) is 2. The van der Waals surface area contributed by atoms with Gasteiger partial charge in [0, 0.05) is 17.6 Å². The quantitative estimate of drug-likeness (QED) is 0.830. The highest BCUT2D eigenvalue weighted by molar-refractivity contribution is 9.10. The summed E-state index contributed by atoms with van der Waals surface area (Å²) in [5, 5.41) is 3.24. The zero-order valence-corrected chi connectivity index (χ0v) is 12.8. The van der Waals surface area contributed by atoms with Crippen molar-refractivity contribution in [2.24, 2.45) is 0 Å². The minimum Gasteiger partial charge on any atom is -0.382 e. The van der Waals surface area contributed by atoms with E-state index in [-0.39, 0.29) is 18.0 Å². The number of methoxy groups -OCH3 is 1. The van der Waals surface area contributed by atoms with Gasteiger partial charge in [0.1, 0.15) is 5.82 Å². The second-order valence-electron chi connectivity index (χ2n) is 4.55. The number of halogens is 2. The zero-order chi connectivity index (χ0) is 13.5. The summed E-state index contributed by atoms with van der Waals surface area (Å²) in [6.07, 6.45) is 2.89. The molecule has 1 aromatic carbocycles. The Labute approximate surface area is 117 Å². The molecule has 1 N–H and O–H groups in total. The van der Waals surface area contributed by atoms with E-state index in [2.05, 4.69) is 21.2 Å². The molecule has 4 heteroatoms. The summed E-state index contributed by atoms with van der Waals surface area (Å²) < 4.78 is 19.7. The van der Waals surface area contributed by atoms with E-state index in [4.69, 9.17) is 4.74 Å². The van der Waals surface area contributed by atoms with Crippen LogP contribution in [0.4, 0.5) is 4.39 Å². The molecule has 0 bridgehead atoms. The van der Waals surface area contributed by atoms with E-state index >= 15 is 0 Å². The smallest absolute Gasteiger partial charge is 0.127 e. The highest BCUT2D eigenvalue weighted by Gasteiger charge is 2.12. The topological polar surface area (TPSA) is 21.3 Å². The fourth-order valence-corrected chi connectivity index (χ4v) is 2.19. The van der Waals surface area contributed by atoms with Crippen molar-refractivity contribution in [2.45, 2.75) is 38.3 Å². The highest BCUT2D eigenvalue weighted by Crippen LogP contribution is 2.18. The van der Waals surface area contributed by atoms with Gasteiger partial charge in [-0.25, -0.2) is 4.39 Å². The summed E-state index contributed by atoms with van der Waals surface area (Å²) in [6, 6.07) is 5.50. The molecule has 2 unspecified atom stereocenters. The second-order valence-corrected chi connectivity index (χ2v) is 5.46. The van der Waals surface area contributed by atoms with Gasteiger partial charge in [-0.15, -0.1) is 0 Å².